The summed E-state index contributed by atoms with van der Waals surface area (Å²) in [5.74, 6) is 0. The lowest BCUT2D eigenvalue weighted by molar-refractivity contribution is -0.0546. The van der Waals surface area contributed by atoms with Gasteiger partial charge in [-0.3, -0.25) is 0 Å². The summed E-state index contributed by atoms with van der Waals surface area (Å²) in [6.07, 6.45) is 0. The Labute approximate surface area is 107 Å². The summed E-state index contributed by atoms with van der Waals surface area (Å²) < 4.78 is 59.0. The Bertz CT molecular complexity index is 196. The second-order valence-electron chi connectivity index (χ2n) is 2.14. The minimum atomic E-state index is -4.53. The predicted octanol–water partition coefficient (Wildman–Crippen LogP) is 5.04. The van der Waals surface area contributed by atoms with E-state index >= 15 is 0 Å². The summed E-state index contributed by atoms with van der Waals surface area (Å²) in [5, 5.41) is -4.39. The van der Waals surface area contributed by atoms with Crippen molar-refractivity contribution >= 4 is 66.7 Å². The van der Waals surface area contributed by atoms with Crippen molar-refractivity contribution in [2.45, 2.75) is 19.1 Å². The highest BCUT2D eigenvalue weighted by molar-refractivity contribution is 9.10. The Morgan fingerprint density at radius 1 is 0.714 bits per heavy atom. The molecule has 0 aromatic rings. The molecule has 0 aliphatic heterocycles. The second kappa shape index (κ2) is 4.05. The van der Waals surface area contributed by atoms with Gasteiger partial charge in [0.05, 0.1) is 0 Å². The van der Waals surface area contributed by atoms with Crippen LogP contribution < -0.4 is 0 Å². The molecular weight excluding hydrogens is 409 g/mol. The van der Waals surface area contributed by atoms with Crippen LogP contribution in [0.3, 0.4) is 0 Å². The third-order valence-electron chi connectivity index (χ3n) is 1.11. The van der Waals surface area contributed by atoms with Crippen LogP contribution in [0.4, 0.5) is 22.0 Å². The van der Waals surface area contributed by atoms with Crippen molar-refractivity contribution < 1.29 is 22.0 Å². The first-order chi connectivity index (χ1) is 5.75. The maximum atomic E-state index is 13.1. The molecule has 0 aliphatic carbocycles. The van der Waals surface area contributed by atoms with Crippen LogP contribution in [0.15, 0.2) is 0 Å². The van der Waals surface area contributed by atoms with Gasteiger partial charge in [0, 0.05) is 0 Å². The van der Waals surface area contributed by atoms with Gasteiger partial charge in [-0.2, -0.15) is 17.6 Å². The lowest BCUT2D eigenvalue weighted by atomic mass is 10.2. The van der Waals surface area contributed by atoms with Crippen LogP contribution in [0.1, 0.15) is 0 Å². The topological polar surface area (TPSA) is 0 Å². The smallest absolute Gasteiger partial charge is 0.215 e. The van der Waals surface area contributed by atoms with Crippen LogP contribution in [-0.2, 0) is 0 Å². The Balaban J connectivity index is 5.30. The van der Waals surface area contributed by atoms with E-state index in [2.05, 4.69) is 11.6 Å². The van der Waals surface area contributed by atoms with E-state index in [0.29, 0.717) is 0 Å². The minimum absolute atomic E-state index is 1.46. The molecule has 0 saturated heterocycles. The van der Waals surface area contributed by atoms with Crippen LogP contribution in [0, 0.1) is 0 Å². The lowest BCUT2D eigenvalue weighted by Crippen LogP contribution is -2.56. The van der Waals surface area contributed by atoms with Crippen molar-refractivity contribution in [1.29, 1.82) is 0 Å². The highest BCUT2D eigenvalue weighted by atomic mass is 79.9. The first kappa shape index (κ1) is 15.5. The minimum Gasteiger partial charge on any atom is -0.215 e. The zero-order valence-electron chi connectivity index (χ0n) is 5.78. The van der Waals surface area contributed by atoms with E-state index in [1.807, 2.05) is 0 Å². The number of hydrogen-bond acceptors (Lipinski definition) is 0. The molecule has 0 aromatic heterocycles. The first-order valence-electron chi connectivity index (χ1n) is 2.64. The van der Waals surface area contributed by atoms with Gasteiger partial charge in [0.25, 0.3) is 5.13 Å². The molecule has 10 heteroatoms. The quantitative estimate of drug-likeness (QED) is 0.453. The van der Waals surface area contributed by atoms with Crippen LogP contribution in [0.2, 0.25) is 0 Å². The van der Waals surface area contributed by atoms with E-state index in [0.717, 1.165) is 0 Å². The summed E-state index contributed by atoms with van der Waals surface area (Å²) in [5.41, 5.74) is 0. The molecule has 0 aromatic carbocycles. The molecule has 0 rings (SSSR count). The average Bonchev–Trinajstić information content (AvgIpc) is 1.81. The Morgan fingerprint density at radius 3 is 1.07 bits per heavy atom. The maximum Gasteiger partial charge on any atom is 0.351 e. The van der Waals surface area contributed by atoms with E-state index in [1.165, 1.54) is 15.9 Å². The molecule has 0 heterocycles. The zero-order chi connectivity index (χ0) is 12.0. The Hall–Kier alpha value is 1.48. The summed E-state index contributed by atoms with van der Waals surface area (Å²) in [6, 6.07) is 0. The molecular formula is C4Br2Cl3F5. The average molecular weight is 409 g/mol. The molecule has 86 valence electrons. The molecule has 1 unspecified atom stereocenters. The monoisotopic (exact) mass is 406 g/mol. The zero-order valence-corrected chi connectivity index (χ0v) is 11.2. The van der Waals surface area contributed by atoms with Crippen LogP contribution >= 0.6 is 66.7 Å². The summed E-state index contributed by atoms with van der Waals surface area (Å²) in [6.45, 7) is 0. The molecule has 0 radical (unpaired) electrons. The molecule has 0 aliphatic rings. The van der Waals surface area contributed by atoms with Gasteiger partial charge < -0.3 is 0 Å². The van der Waals surface area contributed by atoms with E-state index in [-0.39, 0.29) is 0 Å². The fourth-order valence-electron chi connectivity index (χ4n) is 0.356. The van der Waals surface area contributed by atoms with E-state index < -0.39 is 19.1 Å². The molecule has 0 bridgehead atoms. The number of rotatable bonds is 3. The van der Waals surface area contributed by atoms with Gasteiger partial charge in [-0.1, -0.05) is 34.8 Å². The second-order valence-corrected chi connectivity index (χ2v) is 5.98. The molecule has 14 heavy (non-hydrogen) atoms. The van der Waals surface area contributed by atoms with Crippen LogP contribution in [0.25, 0.3) is 0 Å². The van der Waals surface area contributed by atoms with Crippen molar-refractivity contribution in [1.82, 2.24) is 0 Å². The van der Waals surface area contributed by atoms with E-state index in [9.17, 15) is 22.0 Å². The third-order valence-corrected chi connectivity index (χ3v) is 4.64. The molecule has 0 spiro atoms. The van der Waals surface area contributed by atoms with Crippen molar-refractivity contribution in [3.05, 3.63) is 0 Å². The number of halogens is 10. The van der Waals surface area contributed by atoms with Crippen molar-refractivity contribution in [3.8, 4) is 0 Å². The van der Waals surface area contributed by atoms with Crippen molar-refractivity contribution in [2.24, 2.45) is 0 Å². The summed E-state index contributed by atoms with van der Waals surface area (Å²) in [4.78, 5) is -8.86. The molecule has 0 N–H and O–H groups in total. The Morgan fingerprint density at radius 2 is 1.00 bits per heavy atom. The molecule has 1 atom stereocenters. The fraction of sp³-hybridized carbons (Fsp3) is 1.00. The number of hydrogen-bond donors (Lipinski definition) is 0. The summed E-state index contributed by atoms with van der Waals surface area (Å²) >= 11 is 17.0. The van der Waals surface area contributed by atoms with Gasteiger partial charge in [0.15, 0.2) is 0 Å². The molecule has 0 amide bonds. The van der Waals surface area contributed by atoms with Crippen LogP contribution in [-0.4, -0.2) is 19.1 Å². The van der Waals surface area contributed by atoms with E-state index in [4.69, 9.17) is 23.2 Å². The standard InChI is InChI=1S/C4Br2Cl3F5/c5-3(11,12)1(7,8)2(9,10)4(6,13)14. The largest absolute Gasteiger partial charge is 0.351 e. The SMILES string of the molecule is FC(F)(Br)C(F)(Cl)C(Cl)(Cl)C(F)(F)Br. The molecule has 0 saturated carbocycles. The summed E-state index contributed by atoms with van der Waals surface area (Å²) in [7, 11) is 0. The predicted molar refractivity (Wildman–Crippen MR) is 51.9 cm³/mol. The maximum absolute atomic E-state index is 13.1. The molecule has 0 nitrogen and oxygen atoms in total. The van der Waals surface area contributed by atoms with E-state index in [1.54, 1.807) is 15.9 Å². The lowest BCUT2D eigenvalue weighted by Gasteiger charge is -2.36. The highest BCUT2D eigenvalue weighted by Gasteiger charge is 2.73. The first-order valence-corrected chi connectivity index (χ1v) is 5.36. The normalized spacial score (nSPS) is 19.3. The van der Waals surface area contributed by atoms with Crippen LogP contribution in [0.5, 0.6) is 0 Å². The van der Waals surface area contributed by atoms with Crippen molar-refractivity contribution in [2.75, 3.05) is 0 Å². The van der Waals surface area contributed by atoms with Gasteiger partial charge >= 0.3 is 9.66 Å². The number of alkyl halides is 10. The molecule has 0 fully saturated rings. The fourth-order valence-corrected chi connectivity index (χ4v) is 1.63. The van der Waals surface area contributed by atoms with Gasteiger partial charge in [0.2, 0.25) is 4.33 Å². The Kier molecular flexibility index (Phi) is 4.48. The highest BCUT2D eigenvalue weighted by Crippen LogP contribution is 2.60. The van der Waals surface area contributed by atoms with Gasteiger partial charge in [0.1, 0.15) is 0 Å². The van der Waals surface area contributed by atoms with Gasteiger partial charge in [-0.25, -0.2) is 4.39 Å². The van der Waals surface area contributed by atoms with Gasteiger partial charge in [-0.15, -0.1) is 0 Å². The third kappa shape index (κ3) is 2.59. The van der Waals surface area contributed by atoms with Gasteiger partial charge in [-0.05, 0) is 31.9 Å². The van der Waals surface area contributed by atoms with Crippen molar-refractivity contribution in [3.63, 3.8) is 0 Å².